The molecular weight excluding hydrogens is 212 g/mol. The maximum absolute atomic E-state index is 13.2. The minimum Gasteiger partial charge on any atom is -0.305 e. The smallest absolute Gasteiger partial charge is 0.179 e. The molecule has 0 saturated carbocycles. The first-order valence-electron chi connectivity index (χ1n) is 5.03. The highest BCUT2D eigenvalue weighted by Gasteiger charge is 2.17. The maximum atomic E-state index is 13.2. The van der Waals surface area contributed by atoms with Gasteiger partial charge in [0.05, 0.1) is 12.1 Å². The number of carbonyl (C=O) groups excluding carboxylic acids is 1. The number of Topliss-reactive ketones (excluding diaryl/α,β-unsaturated/α-hetero) is 1. The van der Waals surface area contributed by atoms with Crippen LogP contribution < -0.4 is 5.32 Å². The highest BCUT2D eigenvalue weighted by molar-refractivity contribution is 5.97. The van der Waals surface area contributed by atoms with Crippen LogP contribution in [0.4, 0.5) is 8.78 Å². The van der Waals surface area contributed by atoms with E-state index in [1.54, 1.807) is 0 Å². The van der Waals surface area contributed by atoms with Gasteiger partial charge in [-0.1, -0.05) is 6.07 Å². The third-order valence-corrected chi connectivity index (χ3v) is 2.03. The molecule has 1 N–H and O–H groups in total. The fraction of sp³-hybridized carbons (Fsp3) is 0.417. The van der Waals surface area contributed by atoms with Gasteiger partial charge in [0, 0.05) is 5.54 Å². The topological polar surface area (TPSA) is 29.1 Å². The second-order valence-corrected chi connectivity index (χ2v) is 4.63. The number of halogens is 2. The van der Waals surface area contributed by atoms with Gasteiger partial charge >= 0.3 is 0 Å². The molecule has 1 aromatic carbocycles. The Morgan fingerprint density at radius 3 is 2.50 bits per heavy atom. The summed E-state index contributed by atoms with van der Waals surface area (Å²) >= 11 is 0. The summed E-state index contributed by atoms with van der Waals surface area (Å²) in [5.74, 6) is -2.53. The third kappa shape index (κ3) is 3.38. The molecule has 0 fully saturated rings. The Morgan fingerprint density at radius 2 is 1.94 bits per heavy atom. The first kappa shape index (κ1) is 12.8. The molecule has 88 valence electrons. The lowest BCUT2D eigenvalue weighted by atomic mass is 10.1. The van der Waals surface area contributed by atoms with Crippen molar-refractivity contribution in [1.82, 2.24) is 5.32 Å². The standard InChI is InChI=1S/C12H15F2NO/c1-12(2,3)15-7-10(16)8-5-4-6-9(13)11(8)14/h4-6,15H,7H2,1-3H3. The van der Waals surface area contributed by atoms with Crippen LogP contribution in [-0.4, -0.2) is 17.9 Å². The Bertz CT molecular complexity index is 396. The summed E-state index contributed by atoms with van der Waals surface area (Å²) in [4.78, 5) is 11.6. The van der Waals surface area contributed by atoms with Gasteiger partial charge in [0.25, 0.3) is 0 Å². The predicted molar refractivity (Wildman–Crippen MR) is 58.4 cm³/mol. The summed E-state index contributed by atoms with van der Waals surface area (Å²) < 4.78 is 26.1. The van der Waals surface area contributed by atoms with E-state index in [9.17, 15) is 13.6 Å². The number of hydrogen-bond acceptors (Lipinski definition) is 2. The molecule has 1 aromatic rings. The van der Waals surface area contributed by atoms with Crippen LogP contribution in [0.2, 0.25) is 0 Å². The summed E-state index contributed by atoms with van der Waals surface area (Å²) in [7, 11) is 0. The van der Waals surface area contributed by atoms with Gasteiger partial charge in [0.15, 0.2) is 17.4 Å². The fourth-order valence-corrected chi connectivity index (χ4v) is 1.16. The Labute approximate surface area is 93.7 Å². The minimum atomic E-state index is -1.08. The zero-order valence-electron chi connectivity index (χ0n) is 9.60. The van der Waals surface area contributed by atoms with Crippen molar-refractivity contribution in [3.8, 4) is 0 Å². The Morgan fingerprint density at radius 1 is 1.31 bits per heavy atom. The molecule has 0 aliphatic heterocycles. The normalized spacial score (nSPS) is 11.6. The zero-order valence-corrected chi connectivity index (χ0v) is 9.60. The zero-order chi connectivity index (χ0) is 12.3. The van der Waals surface area contributed by atoms with Crippen LogP contribution in [0.15, 0.2) is 18.2 Å². The number of carbonyl (C=O) groups is 1. The Hall–Kier alpha value is -1.29. The second kappa shape index (κ2) is 4.70. The van der Waals surface area contributed by atoms with E-state index in [4.69, 9.17) is 0 Å². The fourth-order valence-electron chi connectivity index (χ4n) is 1.16. The van der Waals surface area contributed by atoms with E-state index in [0.717, 1.165) is 6.07 Å². The molecule has 0 saturated heterocycles. The number of ketones is 1. The summed E-state index contributed by atoms with van der Waals surface area (Å²) in [6.45, 7) is 5.66. The van der Waals surface area contributed by atoms with Gasteiger partial charge in [0.1, 0.15) is 0 Å². The maximum Gasteiger partial charge on any atom is 0.179 e. The third-order valence-electron chi connectivity index (χ3n) is 2.03. The average Bonchev–Trinajstić information content (AvgIpc) is 2.17. The lowest BCUT2D eigenvalue weighted by Gasteiger charge is -2.19. The SMILES string of the molecule is CC(C)(C)NCC(=O)c1cccc(F)c1F. The molecule has 1 rings (SSSR count). The van der Waals surface area contributed by atoms with E-state index in [-0.39, 0.29) is 17.6 Å². The van der Waals surface area contributed by atoms with Crippen LogP contribution in [0.5, 0.6) is 0 Å². The molecule has 16 heavy (non-hydrogen) atoms. The van der Waals surface area contributed by atoms with Crippen molar-refractivity contribution < 1.29 is 13.6 Å². The van der Waals surface area contributed by atoms with Gasteiger partial charge in [-0.2, -0.15) is 0 Å². The van der Waals surface area contributed by atoms with Crippen molar-refractivity contribution >= 4 is 5.78 Å². The average molecular weight is 227 g/mol. The summed E-state index contributed by atoms with van der Waals surface area (Å²) in [6.07, 6.45) is 0. The number of benzene rings is 1. The van der Waals surface area contributed by atoms with Gasteiger partial charge in [-0.25, -0.2) is 8.78 Å². The van der Waals surface area contributed by atoms with Gasteiger partial charge in [-0.3, -0.25) is 4.79 Å². The van der Waals surface area contributed by atoms with E-state index in [2.05, 4.69) is 5.32 Å². The molecule has 0 aliphatic rings. The van der Waals surface area contributed by atoms with E-state index in [0.29, 0.717) is 0 Å². The molecule has 0 aromatic heterocycles. The lowest BCUT2D eigenvalue weighted by Crippen LogP contribution is -2.39. The van der Waals surface area contributed by atoms with Gasteiger partial charge in [-0.05, 0) is 32.9 Å². The van der Waals surface area contributed by atoms with Crippen molar-refractivity contribution in [2.45, 2.75) is 26.3 Å². The van der Waals surface area contributed by atoms with Gasteiger partial charge < -0.3 is 5.32 Å². The molecule has 0 heterocycles. The lowest BCUT2D eigenvalue weighted by molar-refractivity contribution is 0.0977. The Balaban J connectivity index is 2.78. The van der Waals surface area contributed by atoms with Crippen LogP contribution in [-0.2, 0) is 0 Å². The first-order valence-corrected chi connectivity index (χ1v) is 5.03. The molecular formula is C12H15F2NO. The van der Waals surface area contributed by atoms with Crippen molar-refractivity contribution in [3.63, 3.8) is 0 Å². The quantitative estimate of drug-likeness (QED) is 0.804. The largest absolute Gasteiger partial charge is 0.305 e. The molecule has 0 radical (unpaired) electrons. The minimum absolute atomic E-state index is 0.0100. The van der Waals surface area contributed by atoms with E-state index in [1.165, 1.54) is 12.1 Å². The molecule has 0 bridgehead atoms. The van der Waals surface area contributed by atoms with Crippen LogP contribution in [0.1, 0.15) is 31.1 Å². The molecule has 0 aliphatic carbocycles. The number of hydrogen-bond donors (Lipinski definition) is 1. The monoisotopic (exact) mass is 227 g/mol. The molecule has 0 amide bonds. The number of nitrogens with one attached hydrogen (secondary N) is 1. The summed E-state index contributed by atoms with van der Waals surface area (Å²) in [5, 5.41) is 2.93. The van der Waals surface area contributed by atoms with Crippen molar-refractivity contribution in [2.24, 2.45) is 0 Å². The highest BCUT2D eigenvalue weighted by Crippen LogP contribution is 2.12. The van der Waals surface area contributed by atoms with Crippen molar-refractivity contribution in [2.75, 3.05) is 6.54 Å². The van der Waals surface area contributed by atoms with Gasteiger partial charge in [-0.15, -0.1) is 0 Å². The summed E-state index contributed by atoms with van der Waals surface area (Å²) in [5.41, 5.74) is -0.448. The molecule has 0 unspecified atom stereocenters. The first-order chi connectivity index (χ1) is 7.31. The molecule has 0 spiro atoms. The molecule has 0 atom stereocenters. The predicted octanol–water partition coefficient (Wildman–Crippen LogP) is 2.54. The van der Waals surface area contributed by atoms with E-state index in [1.807, 2.05) is 20.8 Å². The summed E-state index contributed by atoms with van der Waals surface area (Å²) in [6, 6.07) is 3.59. The van der Waals surface area contributed by atoms with Crippen molar-refractivity contribution in [1.29, 1.82) is 0 Å². The van der Waals surface area contributed by atoms with E-state index >= 15 is 0 Å². The van der Waals surface area contributed by atoms with Crippen LogP contribution >= 0.6 is 0 Å². The van der Waals surface area contributed by atoms with Crippen LogP contribution in [0.3, 0.4) is 0 Å². The van der Waals surface area contributed by atoms with Crippen LogP contribution in [0, 0.1) is 11.6 Å². The Kier molecular flexibility index (Phi) is 3.75. The number of rotatable bonds is 3. The van der Waals surface area contributed by atoms with Crippen LogP contribution in [0.25, 0.3) is 0 Å². The van der Waals surface area contributed by atoms with E-state index < -0.39 is 17.4 Å². The molecule has 2 nitrogen and oxygen atoms in total. The second-order valence-electron chi connectivity index (χ2n) is 4.63. The van der Waals surface area contributed by atoms with Crippen molar-refractivity contribution in [3.05, 3.63) is 35.4 Å². The van der Waals surface area contributed by atoms with Gasteiger partial charge in [0.2, 0.25) is 0 Å². The highest BCUT2D eigenvalue weighted by atomic mass is 19.2. The molecule has 4 heteroatoms.